The van der Waals surface area contributed by atoms with E-state index in [0.29, 0.717) is 23.9 Å². The van der Waals surface area contributed by atoms with Gasteiger partial charge in [0.25, 0.3) is 5.91 Å². The number of rotatable bonds is 6. The van der Waals surface area contributed by atoms with Crippen molar-refractivity contribution in [1.29, 1.82) is 0 Å². The Hall–Kier alpha value is -2.10. The molecule has 10 heteroatoms. The zero-order valence-electron chi connectivity index (χ0n) is 15.4. The van der Waals surface area contributed by atoms with E-state index in [4.69, 9.17) is 0 Å². The van der Waals surface area contributed by atoms with Crippen LogP contribution < -0.4 is 10.7 Å². The molecule has 2 N–H and O–H groups in total. The summed E-state index contributed by atoms with van der Waals surface area (Å²) in [5.74, 6) is 0.771. The van der Waals surface area contributed by atoms with E-state index in [-0.39, 0.29) is 11.7 Å². The van der Waals surface area contributed by atoms with Crippen molar-refractivity contribution in [2.24, 2.45) is 0 Å². The highest BCUT2D eigenvalue weighted by Crippen LogP contribution is 2.40. The van der Waals surface area contributed by atoms with E-state index in [0.717, 1.165) is 49.5 Å². The number of nitrogens with one attached hydrogen (secondary N) is 2. The van der Waals surface area contributed by atoms with Gasteiger partial charge in [-0.1, -0.05) is 31.0 Å². The molecule has 4 amide bonds. The minimum atomic E-state index is -0.836. The second kappa shape index (κ2) is 7.14. The maximum Gasteiger partial charge on any atom is 0.344 e. The number of thioether (sulfide) groups is 1. The van der Waals surface area contributed by atoms with E-state index in [1.165, 1.54) is 11.8 Å². The molecule has 1 spiro atoms. The van der Waals surface area contributed by atoms with Crippen molar-refractivity contribution in [2.75, 3.05) is 5.75 Å². The average Bonchev–Trinajstić information content (AvgIpc) is 3.39. The van der Waals surface area contributed by atoms with E-state index >= 15 is 0 Å². The van der Waals surface area contributed by atoms with E-state index in [1.54, 1.807) is 0 Å². The number of hydrogen-bond donors (Lipinski definition) is 2. The Balaban J connectivity index is 1.36. The van der Waals surface area contributed by atoms with Gasteiger partial charge in [-0.2, -0.15) is 5.01 Å². The van der Waals surface area contributed by atoms with Crippen molar-refractivity contribution in [3.8, 4) is 0 Å². The summed E-state index contributed by atoms with van der Waals surface area (Å²) in [4.78, 5) is 37.2. The van der Waals surface area contributed by atoms with E-state index < -0.39 is 17.5 Å². The van der Waals surface area contributed by atoms with Crippen LogP contribution in [0.2, 0.25) is 0 Å². The van der Waals surface area contributed by atoms with Gasteiger partial charge in [-0.15, -0.1) is 10.2 Å². The van der Waals surface area contributed by atoms with Crippen molar-refractivity contribution in [1.82, 2.24) is 30.5 Å². The Kier molecular flexibility index (Phi) is 4.83. The van der Waals surface area contributed by atoms with Crippen LogP contribution in [0.1, 0.15) is 63.6 Å². The average molecular weight is 392 g/mol. The second-order valence-electron chi connectivity index (χ2n) is 7.40. The largest absolute Gasteiger partial charge is 0.344 e. The first-order valence-corrected chi connectivity index (χ1v) is 10.5. The van der Waals surface area contributed by atoms with E-state index in [1.807, 2.05) is 11.5 Å². The highest BCUT2D eigenvalue weighted by Gasteiger charge is 2.52. The maximum atomic E-state index is 12.7. The molecule has 146 valence electrons. The fraction of sp³-hybridized carbons (Fsp3) is 0.706. The molecular weight excluding hydrogens is 368 g/mol. The van der Waals surface area contributed by atoms with Gasteiger partial charge in [-0.25, -0.2) is 4.79 Å². The summed E-state index contributed by atoms with van der Waals surface area (Å²) in [6.07, 6.45) is 6.40. The normalized spacial score (nSPS) is 21.6. The number of imide groups is 1. The number of aromatic nitrogens is 3. The van der Waals surface area contributed by atoms with Crippen LogP contribution in [0.4, 0.5) is 4.79 Å². The van der Waals surface area contributed by atoms with Crippen LogP contribution in [0.15, 0.2) is 5.16 Å². The molecule has 3 aliphatic rings. The molecule has 27 heavy (non-hydrogen) atoms. The third kappa shape index (κ3) is 3.42. The minimum absolute atomic E-state index is 0.0624. The Morgan fingerprint density at radius 1 is 1.26 bits per heavy atom. The van der Waals surface area contributed by atoms with Gasteiger partial charge in [0.15, 0.2) is 5.16 Å². The number of carbonyl (C=O) groups excluding carboxylic acids is 3. The van der Waals surface area contributed by atoms with Gasteiger partial charge in [0.1, 0.15) is 11.4 Å². The lowest BCUT2D eigenvalue weighted by Gasteiger charge is -2.30. The molecule has 1 aromatic rings. The fourth-order valence-corrected chi connectivity index (χ4v) is 4.65. The Bertz CT molecular complexity index is 769. The maximum absolute atomic E-state index is 12.7. The molecule has 1 aromatic heterocycles. The lowest BCUT2D eigenvalue weighted by Crippen LogP contribution is -2.51. The molecule has 2 saturated carbocycles. The number of amides is 4. The molecule has 0 radical (unpaired) electrons. The van der Waals surface area contributed by atoms with Crippen molar-refractivity contribution in [3.05, 3.63) is 5.82 Å². The van der Waals surface area contributed by atoms with Crippen LogP contribution in [0.5, 0.6) is 0 Å². The van der Waals surface area contributed by atoms with Crippen molar-refractivity contribution < 1.29 is 14.4 Å². The second-order valence-corrected chi connectivity index (χ2v) is 8.34. The summed E-state index contributed by atoms with van der Waals surface area (Å²) < 4.78 is 2.03. The zero-order valence-corrected chi connectivity index (χ0v) is 16.2. The van der Waals surface area contributed by atoms with Crippen LogP contribution in [0.3, 0.4) is 0 Å². The number of nitrogens with zero attached hydrogens (tertiary/aromatic N) is 4. The number of hydrazine groups is 1. The van der Waals surface area contributed by atoms with Crippen LogP contribution in [-0.4, -0.2) is 48.9 Å². The van der Waals surface area contributed by atoms with Crippen molar-refractivity contribution in [3.63, 3.8) is 0 Å². The number of carbonyl (C=O) groups is 3. The van der Waals surface area contributed by atoms with Crippen molar-refractivity contribution >= 4 is 29.6 Å². The monoisotopic (exact) mass is 392 g/mol. The van der Waals surface area contributed by atoms with Crippen LogP contribution in [0.25, 0.3) is 0 Å². The number of hydrogen-bond acceptors (Lipinski definition) is 6. The highest BCUT2D eigenvalue weighted by molar-refractivity contribution is 7.99. The smallest absolute Gasteiger partial charge is 0.322 e. The number of urea groups is 1. The standard InChI is InChI=1S/C17H24N6O3S/c1-2-22-13(11-6-7-11)19-20-16(22)27-10-12(24)21-23-14(25)17(18-15(23)26)8-4-3-5-9-17/h11H,2-10H2,1H3,(H,18,26)(H,21,24). The van der Waals surface area contributed by atoms with Gasteiger partial charge in [0.2, 0.25) is 5.91 Å². The molecule has 0 aromatic carbocycles. The Labute approximate surface area is 161 Å². The van der Waals surface area contributed by atoms with Gasteiger partial charge >= 0.3 is 6.03 Å². The third-order valence-electron chi connectivity index (χ3n) is 5.44. The molecule has 4 rings (SSSR count). The first kappa shape index (κ1) is 18.3. The molecule has 0 bridgehead atoms. The molecule has 2 aliphatic carbocycles. The van der Waals surface area contributed by atoms with Gasteiger partial charge in [-0.3, -0.25) is 15.0 Å². The minimum Gasteiger partial charge on any atom is -0.322 e. The summed E-state index contributed by atoms with van der Waals surface area (Å²) in [6, 6.07) is -0.548. The summed E-state index contributed by atoms with van der Waals surface area (Å²) in [5.41, 5.74) is 1.62. The summed E-state index contributed by atoms with van der Waals surface area (Å²) >= 11 is 1.27. The van der Waals surface area contributed by atoms with E-state index in [9.17, 15) is 14.4 Å². The molecule has 3 fully saturated rings. The fourth-order valence-electron chi connectivity index (χ4n) is 3.85. The van der Waals surface area contributed by atoms with Crippen molar-refractivity contribution in [2.45, 2.75) is 75.0 Å². The molecule has 9 nitrogen and oxygen atoms in total. The molecule has 1 saturated heterocycles. The topological polar surface area (TPSA) is 109 Å². The molecule has 2 heterocycles. The van der Waals surface area contributed by atoms with Gasteiger partial charge in [0, 0.05) is 12.5 Å². The van der Waals surface area contributed by atoms with Gasteiger partial charge in [0.05, 0.1) is 5.75 Å². The predicted octanol–water partition coefficient (Wildman–Crippen LogP) is 1.55. The van der Waals surface area contributed by atoms with Crippen LogP contribution in [0, 0.1) is 0 Å². The molecular formula is C17H24N6O3S. The summed E-state index contributed by atoms with van der Waals surface area (Å²) in [6.45, 7) is 2.77. The van der Waals surface area contributed by atoms with Gasteiger partial charge in [-0.05, 0) is 32.6 Å². The first-order chi connectivity index (χ1) is 13.0. The zero-order chi connectivity index (χ0) is 19.0. The summed E-state index contributed by atoms with van der Waals surface area (Å²) in [7, 11) is 0. The highest BCUT2D eigenvalue weighted by atomic mass is 32.2. The Morgan fingerprint density at radius 3 is 2.67 bits per heavy atom. The SMILES string of the molecule is CCn1c(SCC(=O)NN2C(=O)NC3(CCCCC3)C2=O)nnc1C1CC1. The third-order valence-corrected chi connectivity index (χ3v) is 6.41. The Morgan fingerprint density at radius 2 is 2.00 bits per heavy atom. The quantitative estimate of drug-likeness (QED) is 0.562. The van der Waals surface area contributed by atoms with Crippen LogP contribution >= 0.6 is 11.8 Å². The molecule has 1 aliphatic heterocycles. The predicted molar refractivity (Wildman–Crippen MR) is 97.7 cm³/mol. The lowest BCUT2D eigenvalue weighted by molar-refractivity contribution is -0.139. The molecule has 0 atom stereocenters. The van der Waals surface area contributed by atoms with Gasteiger partial charge < -0.3 is 9.88 Å². The summed E-state index contributed by atoms with van der Waals surface area (Å²) in [5, 5.41) is 12.7. The molecule has 0 unspecified atom stereocenters. The van der Waals surface area contributed by atoms with Crippen LogP contribution in [-0.2, 0) is 16.1 Å². The lowest BCUT2D eigenvalue weighted by atomic mass is 9.82. The first-order valence-electron chi connectivity index (χ1n) is 9.56. The van der Waals surface area contributed by atoms with E-state index in [2.05, 4.69) is 20.9 Å².